The van der Waals surface area contributed by atoms with Crippen molar-refractivity contribution in [3.63, 3.8) is 0 Å². The van der Waals surface area contributed by atoms with Crippen LogP contribution in [0.3, 0.4) is 0 Å². The van der Waals surface area contributed by atoms with Crippen molar-refractivity contribution in [1.82, 2.24) is 9.97 Å². The maximum absolute atomic E-state index is 13.5. The predicted molar refractivity (Wildman–Crippen MR) is 70.7 cm³/mol. The molecule has 0 bridgehead atoms. The van der Waals surface area contributed by atoms with E-state index in [1.165, 1.54) is 6.07 Å². The zero-order valence-electron chi connectivity index (χ0n) is 10.3. The molecule has 0 saturated heterocycles. The van der Waals surface area contributed by atoms with Crippen molar-refractivity contribution in [1.29, 1.82) is 0 Å². The summed E-state index contributed by atoms with van der Waals surface area (Å²) in [6, 6.07) is 8.10. The van der Waals surface area contributed by atoms with Gasteiger partial charge in [-0.05, 0) is 30.7 Å². The van der Waals surface area contributed by atoms with E-state index in [4.69, 9.17) is 0 Å². The predicted octanol–water partition coefficient (Wildman–Crippen LogP) is 3.24. The Morgan fingerprint density at radius 1 is 1.32 bits per heavy atom. The highest BCUT2D eigenvalue weighted by molar-refractivity contribution is 6.15. The van der Waals surface area contributed by atoms with Crippen LogP contribution in [-0.4, -0.2) is 15.8 Å². The van der Waals surface area contributed by atoms with E-state index in [1.807, 2.05) is 6.07 Å². The minimum Gasteiger partial charge on any atom is -0.345 e. The number of pyridine rings is 1. The van der Waals surface area contributed by atoms with Crippen LogP contribution in [0.15, 0.2) is 42.7 Å². The van der Waals surface area contributed by atoms with Crippen molar-refractivity contribution in [2.75, 3.05) is 0 Å². The Kier molecular flexibility index (Phi) is 2.63. The lowest BCUT2D eigenvalue weighted by atomic mass is 10.0. The Labute approximate surface area is 109 Å². The second-order valence-corrected chi connectivity index (χ2v) is 4.40. The van der Waals surface area contributed by atoms with E-state index in [-0.39, 0.29) is 11.6 Å². The molecule has 0 radical (unpaired) electrons. The molecule has 0 saturated carbocycles. The van der Waals surface area contributed by atoms with Crippen LogP contribution >= 0.6 is 0 Å². The van der Waals surface area contributed by atoms with E-state index in [9.17, 15) is 9.18 Å². The van der Waals surface area contributed by atoms with Gasteiger partial charge in [0.2, 0.25) is 0 Å². The molecule has 0 spiro atoms. The summed E-state index contributed by atoms with van der Waals surface area (Å²) >= 11 is 0. The van der Waals surface area contributed by atoms with Crippen molar-refractivity contribution < 1.29 is 9.18 Å². The second-order valence-electron chi connectivity index (χ2n) is 4.40. The first-order valence-corrected chi connectivity index (χ1v) is 5.90. The minimum absolute atomic E-state index is 0.210. The van der Waals surface area contributed by atoms with Crippen LogP contribution in [0.2, 0.25) is 0 Å². The molecule has 0 fully saturated rings. The number of halogens is 1. The number of benzene rings is 1. The average molecular weight is 254 g/mol. The fourth-order valence-electron chi connectivity index (χ4n) is 2.03. The Balaban J connectivity index is 2.11. The Bertz CT molecular complexity index is 777. The molecule has 2 heterocycles. The molecule has 4 heteroatoms. The van der Waals surface area contributed by atoms with Crippen LogP contribution in [-0.2, 0) is 0 Å². The molecule has 0 aliphatic carbocycles. The van der Waals surface area contributed by atoms with Gasteiger partial charge in [0.15, 0.2) is 5.78 Å². The first-order chi connectivity index (χ1) is 9.16. The van der Waals surface area contributed by atoms with Crippen LogP contribution in [0.4, 0.5) is 4.39 Å². The van der Waals surface area contributed by atoms with Gasteiger partial charge in [-0.15, -0.1) is 0 Å². The molecular weight excluding hydrogens is 243 g/mol. The van der Waals surface area contributed by atoms with Gasteiger partial charge in [-0.1, -0.05) is 12.1 Å². The average Bonchev–Trinajstić information content (AvgIpc) is 2.85. The van der Waals surface area contributed by atoms with Gasteiger partial charge in [0.25, 0.3) is 0 Å². The van der Waals surface area contributed by atoms with E-state index in [0.717, 1.165) is 5.39 Å². The van der Waals surface area contributed by atoms with Crippen molar-refractivity contribution >= 4 is 16.8 Å². The highest BCUT2D eigenvalue weighted by Gasteiger charge is 2.15. The van der Waals surface area contributed by atoms with Crippen molar-refractivity contribution in [2.24, 2.45) is 0 Å². The topological polar surface area (TPSA) is 45.8 Å². The zero-order chi connectivity index (χ0) is 13.4. The third kappa shape index (κ3) is 1.91. The van der Waals surface area contributed by atoms with Crippen molar-refractivity contribution in [3.8, 4) is 0 Å². The number of nitrogens with one attached hydrogen (secondary N) is 1. The molecule has 3 nitrogen and oxygen atoms in total. The van der Waals surface area contributed by atoms with E-state index in [0.29, 0.717) is 22.3 Å². The molecule has 0 atom stereocenters. The van der Waals surface area contributed by atoms with Gasteiger partial charge in [0.05, 0.1) is 0 Å². The molecule has 0 unspecified atom stereocenters. The van der Waals surface area contributed by atoms with E-state index in [2.05, 4.69) is 9.97 Å². The first kappa shape index (κ1) is 11.6. The summed E-state index contributed by atoms with van der Waals surface area (Å²) in [7, 11) is 0. The quantitative estimate of drug-likeness (QED) is 0.713. The zero-order valence-corrected chi connectivity index (χ0v) is 10.3. The monoisotopic (exact) mass is 254 g/mol. The van der Waals surface area contributed by atoms with E-state index >= 15 is 0 Å². The van der Waals surface area contributed by atoms with Crippen molar-refractivity contribution in [2.45, 2.75) is 6.92 Å². The lowest BCUT2D eigenvalue weighted by Crippen LogP contribution is -2.01. The van der Waals surface area contributed by atoms with Gasteiger partial charge in [-0.3, -0.25) is 4.79 Å². The summed E-state index contributed by atoms with van der Waals surface area (Å²) in [5.74, 6) is -0.582. The molecule has 3 aromatic rings. The Morgan fingerprint density at radius 2 is 2.16 bits per heavy atom. The van der Waals surface area contributed by atoms with Crippen LogP contribution < -0.4 is 0 Å². The molecule has 94 valence electrons. The molecular formula is C15H11FN2O. The van der Waals surface area contributed by atoms with E-state index < -0.39 is 0 Å². The maximum Gasteiger partial charge on any atom is 0.195 e. The summed E-state index contributed by atoms with van der Waals surface area (Å²) in [6.45, 7) is 1.67. The van der Waals surface area contributed by atoms with Gasteiger partial charge in [0.1, 0.15) is 11.5 Å². The summed E-state index contributed by atoms with van der Waals surface area (Å²) in [5.41, 5.74) is 2.02. The Hall–Kier alpha value is -2.49. The highest BCUT2D eigenvalue weighted by atomic mass is 19.1. The fourth-order valence-corrected chi connectivity index (χ4v) is 2.03. The lowest BCUT2D eigenvalue weighted by Gasteiger charge is -2.02. The molecule has 1 aromatic carbocycles. The number of hydrogen-bond acceptors (Lipinski definition) is 2. The van der Waals surface area contributed by atoms with Crippen LogP contribution in [0, 0.1) is 12.7 Å². The number of ketones is 1. The van der Waals surface area contributed by atoms with Gasteiger partial charge >= 0.3 is 0 Å². The molecule has 1 N–H and O–H groups in total. The number of aromatic amines is 1. The molecule has 2 aromatic heterocycles. The fraction of sp³-hybridized carbons (Fsp3) is 0.0667. The maximum atomic E-state index is 13.5. The first-order valence-electron chi connectivity index (χ1n) is 5.90. The largest absolute Gasteiger partial charge is 0.345 e. The number of carbonyl (C=O) groups is 1. The van der Waals surface area contributed by atoms with Crippen LogP contribution in [0.25, 0.3) is 11.0 Å². The smallest absolute Gasteiger partial charge is 0.195 e. The second kappa shape index (κ2) is 4.31. The number of aromatic nitrogens is 2. The summed E-state index contributed by atoms with van der Waals surface area (Å²) in [6.07, 6.45) is 3.26. The van der Waals surface area contributed by atoms with Crippen LogP contribution in [0.1, 0.15) is 21.5 Å². The number of hydrogen-bond donors (Lipinski definition) is 1. The number of aryl methyl sites for hydroxylation is 1. The van der Waals surface area contributed by atoms with Gasteiger partial charge in [-0.2, -0.15) is 0 Å². The van der Waals surface area contributed by atoms with Gasteiger partial charge in [0, 0.05) is 28.9 Å². The third-order valence-electron chi connectivity index (χ3n) is 3.13. The number of carbonyl (C=O) groups excluding carboxylic acids is 1. The number of rotatable bonds is 2. The van der Waals surface area contributed by atoms with Gasteiger partial charge in [-0.25, -0.2) is 9.37 Å². The minimum atomic E-state index is -0.371. The molecule has 0 aliphatic rings. The molecule has 0 aliphatic heterocycles. The molecule has 19 heavy (non-hydrogen) atoms. The van der Waals surface area contributed by atoms with E-state index in [1.54, 1.807) is 37.5 Å². The van der Waals surface area contributed by atoms with Gasteiger partial charge < -0.3 is 4.98 Å². The normalized spacial score (nSPS) is 10.8. The summed E-state index contributed by atoms with van der Waals surface area (Å²) in [4.78, 5) is 19.4. The number of nitrogens with zero attached hydrogens (tertiary/aromatic N) is 1. The van der Waals surface area contributed by atoms with Crippen molar-refractivity contribution in [3.05, 3.63) is 65.2 Å². The summed E-state index contributed by atoms with van der Waals surface area (Å²) < 4.78 is 13.5. The highest BCUT2D eigenvalue weighted by Crippen LogP contribution is 2.20. The van der Waals surface area contributed by atoms with Crippen LogP contribution in [0.5, 0.6) is 0 Å². The lowest BCUT2D eigenvalue weighted by molar-refractivity contribution is 0.104. The number of H-pyrrole nitrogens is 1. The Morgan fingerprint density at radius 3 is 2.95 bits per heavy atom. The third-order valence-corrected chi connectivity index (χ3v) is 3.13. The molecule has 3 rings (SSSR count). The standard InChI is InChI=1S/C15H11FN2O/c1-9-4-5-10(7-13(9)16)14(19)12-8-18-15-11(12)3-2-6-17-15/h2-8H,1H3,(H,17,18). The number of fused-ring (bicyclic) bond motifs is 1. The SMILES string of the molecule is Cc1ccc(C(=O)c2c[nH]c3ncccc23)cc1F. The molecule has 0 amide bonds. The summed E-state index contributed by atoms with van der Waals surface area (Å²) in [5, 5.41) is 0.744.